The highest BCUT2D eigenvalue weighted by atomic mass is 16.5. The Bertz CT molecular complexity index is 255. The Labute approximate surface area is 112 Å². The Balaban J connectivity index is 0.000000331. The lowest BCUT2D eigenvalue weighted by Crippen LogP contribution is -1.88. The normalized spacial score (nSPS) is 9.33. The molecule has 0 bridgehead atoms. The van der Waals surface area contributed by atoms with Gasteiger partial charge in [0, 0.05) is 0 Å². The van der Waals surface area contributed by atoms with Crippen LogP contribution in [-0.2, 0) is 0 Å². The van der Waals surface area contributed by atoms with Gasteiger partial charge in [0.1, 0.15) is 0 Å². The molecule has 0 heterocycles. The first-order chi connectivity index (χ1) is 8.79. The average Bonchev–Trinajstić information content (AvgIpc) is 2.44. The first-order valence-electron chi connectivity index (χ1n) is 6.97. The second-order valence-corrected chi connectivity index (χ2v) is 4.27. The lowest BCUT2D eigenvalue weighted by molar-refractivity contribution is 0.355. The highest BCUT2D eigenvalue weighted by molar-refractivity contribution is 5.38. The van der Waals surface area contributed by atoms with Crippen LogP contribution in [-0.4, -0.2) is 14.2 Å². The molecule has 0 unspecified atom stereocenters. The molecular formula is C16H28O2. The van der Waals surface area contributed by atoms with E-state index in [1.807, 2.05) is 24.3 Å². The molecule has 1 rings (SSSR count). The van der Waals surface area contributed by atoms with E-state index < -0.39 is 0 Å². The second kappa shape index (κ2) is 12.3. The quantitative estimate of drug-likeness (QED) is 0.631. The van der Waals surface area contributed by atoms with Crippen LogP contribution in [0.5, 0.6) is 11.5 Å². The van der Waals surface area contributed by atoms with Crippen LogP contribution in [0.25, 0.3) is 0 Å². The third-order valence-corrected chi connectivity index (χ3v) is 2.75. The molecule has 0 amide bonds. The summed E-state index contributed by atoms with van der Waals surface area (Å²) in [5.41, 5.74) is 0. The van der Waals surface area contributed by atoms with Gasteiger partial charge in [-0.2, -0.15) is 0 Å². The van der Waals surface area contributed by atoms with E-state index in [9.17, 15) is 0 Å². The molecule has 0 radical (unpaired) electrons. The van der Waals surface area contributed by atoms with Gasteiger partial charge in [-0.15, -0.1) is 0 Å². The predicted octanol–water partition coefficient (Wildman–Crippen LogP) is 5.07. The topological polar surface area (TPSA) is 18.5 Å². The van der Waals surface area contributed by atoms with Crippen molar-refractivity contribution in [2.24, 2.45) is 0 Å². The van der Waals surface area contributed by atoms with Crippen LogP contribution < -0.4 is 9.47 Å². The van der Waals surface area contributed by atoms with Crippen LogP contribution in [0.1, 0.15) is 52.4 Å². The zero-order chi connectivity index (χ0) is 13.6. The minimum Gasteiger partial charge on any atom is -0.493 e. The van der Waals surface area contributed by atoms with Crippen LogP contribution in [0, 0.1) is 0 Å². The van der Waals surface area contributed by atoms with Crippen molar-refractivity contribution in [3.63, 3.8) is 0 Å². The van der Waals surface area contributed by atoms with Gasteiger partial charge in [0.15, 0.2) is 11.5 Å². The van der Waals surface area contributed by atoms with Crippen LogP contribution in [0.3, 0.4) is 0 Å². The lowest BCUT2D eigenvalue weighted by atomic mass is 10.1. The van der Waals surface area contributed by atoms with E-state index in [2.05, 4.69) is 13.8 Å². The third kappa shape index (κ3) is 7.99. The molecule has 0 saturated carbocycles. The summed E-state index contributed by atoms with van der Waals surface area (Å²) in [5, 5.41) is 0. The van der Waals surface area contributed by atoms with Crippen molar-refractivity contribution in [3.8, 4) is 11.5 Å². The van der Waals surface area contributed by atoms with Gasteiger partial charge in [0.2, 0.25) is 0 Å². The van der Waals surface area contributed by atoms with Crippen molar-refractivity contribution < 1.29 is 9.47 Å². The highest BCUT2D eigenvalue weighted by Crippen LogP contribution is 2.24. The standard InChI is InChI=1S/C8H10O2.C8H18/c1-9-7-5-3-4-6-8(7)10-2;1-3-5-7-8-6-4-2/h3-6H,1-2H3;3-8H2,1-2H3. The fraction of sp³-hybridized carbons (Fsp3) is 0.625. The number of rotatable bonds is 7. The molecule has 2 heteroatoms. The summed E-state index contributed by atoms with van der Waals surface area (Å²) in [6.07, 6.45) is 8.49. The van der Waals surface area contributed by atoms with Crippen molar-refractivity contribution in [3.05, 3.63) is 24.3 Å². The SMILES string of the molecule is CCCCCCCC.COc1ccccc1OC. The number of unbranched alkanes of at least 4 members (excludes halogenated alkanes) is 5. The summed E-state index contributed by atoms with van der Waals surface area (Å²) in [6, 6.07) is 7.53. The Hall–Kier alpha value is -1.18. The van der Waals surface area contributed by atoms with Gasteiger partial charge >= 0.3 is 0 Å². The molecule has 104 valence electrons. The van der Waals surface area contributed by atoms with Crippen LogP contribution in [0.2, 0.25) is 0 Å². The maximum absolute atomic E-state index is 5.01. The zero-order valence-corrected chi connectivity index (χ0v) is 12.4. The Kier molecular flexibility index (Phi) is 11.5. The summed E-state index contributed by atoms with van der Waals surface area (Å²) in [5.74, 6) is 1.54. The second-order valence-electron chi connectivity index (χ2n) is 4.27. The van der Waals surface area contributed by atoms with Crippen molar-refractivity contribution >= 4 is 0 Å². The number of ether oxygens (including phenoxy) is 2. The molecule has 2 nitrogen and oxygen atoms in total. The molecule has 0 N–H and O–H groups in total. The molecule has 0 aliphatic heterocycles. The van der Waals surface area contributed by atoms with Crippen molar-refractivity contribution in [2.75, 3.05) is 14.2 Å². The van der Waals surface area contributed by atoms with E-state index in [1.165, 1.54) is 38.5 Å². The lowest BCUT2D eigenvalue weighted by Gasteiger charge is -2.04. The van der Waals surface area contributed by atoms with Gasteiger partial charge in [-0.25, -0.2) is 0 Å². The first kappa shape index (κ1) is 16.8. The van der Waals surface area contributed by atoms with E-state index in [-0.39, 0.29) is 0 Å². The van der Waals surface area contributed by atoms with Gasteiger partial charge in [0.05, 0.1) is 14.2 Å². The van der Waals surface area contributed by atoms with Crippen molar-refractivity contribution in [1.29, 1.82) is 0 Å². The van der Waals surface area contributed by atoms with E-state index in [4.69, 9.17) is 9.47 Å². The molecule has 0 atom stereocenters. The molecule has 1 aromatic carbocycles. The molecular weight excluding hydrogens is 224 g/mol. The molecule has 0 spiro atoms. The van der Waals surface area contributed by atoms with Gasteiger partial charge in [0.25, 0.3) is 0 Å². The van der Waals surface area contributed by atoms with Crippen LogP contribution in [0.4, 0.5) is 0 Å². The van der Waals surface area contributed by atoms with Crippen LogP contribution >= 0.6 is 0 Å². The van der Waals surface area contributed by atoms with Gasteiger partial charge in [-0.05, 0) is 12.1 Å². The third-order valence-electron chi connectivity index (χ3n) is 2.75. The minimum absolute atomic E-state index is 0.769. The molecule has 1 aromatic rings. The van der Waals surface area contributed by atoms with E-state index in [1.54, 1.807) is 14.2 Å². The zero-order valence-electron chi connectivity index (χ0n) is 12.4. The molecule has 0 aliphatic carbocycles. The Morgan fingerprint density at radius 2 is 1.11 bits per heavy atom. The number of para-hydroxylation sites is 2. The summed E-state index contributed by atoms with van der Waals surface area (Å²) < 4.78 is 10.0. The van der Waals surface area contributed by atoms with Gasteiger partial charge in [-0.3, -0.25) is 0 Å². The molecule has 18 heavy (non-hydrogen) atoms. The molecule has 0 fully saturated rings. The van der Waals surface area contributed by atoms with E-state index >= 15 is 0 Å². The summed E-state index contributed by atoms with van der Waals surface area (Å²) in [7, 11) is 3.25. The largest absolute Gasteiger partial charge is 0.493 e. The summed E-state index contributed by atoms with van der Waals surface area (Å²) >= 11 is 0. The van der Waals surface area contributed by atoms with E-state index in [0.717, 1.165) is 11.5 Å². The minimum atomic E-state index is 0.769. The molecule has 0 aliphatic rings. The smallest absolute Gasteiger partial charge is 0.160 e. The van der Waals surface area contributed by atoms with Gasteiger partial charge in [-0.1, -0.05) is 64.5 Å². The fourth-order valence-corrected chi connectivity index (χ4v) is 1.64. The number of hydrogen-bond acceptors (Lipinski definition) is 2. The highest BCUT2D eigenvalue weighted by Gasteiger charge is 1.97. The van der Waals surface area contributed by atoms with Gasteiger partial charge < -0.3 is 9.47 Å². The Morgan fingerprint density at radius 3 is 1.39 bits per heavy atom. The monoisotopic (exact) mass is 252 g/mol. The fourth-order valence-electron chi connectivity index (χ4n) is 1.64. The number of benzene rings is 1. The number of methoxy groups -OCH3 is 2. The van der Waals surface area contributed by atoms with E-state index in [0.29, 0.717) is 0 Å². The van der Waals surface area contributed by atoms with Crippen molar-refractivity contribution in [1.82, 2.24) is 0 Å². The molecule has 0 saturated heterocycles. The first-order valence-corrected chi connectivity index (χ1v) is 6.97. The van der Waals surface area contributed by atoms with Crippen molar-refractivity contribution in [2.45, 2.75) is 52.4 Å². The summed E-state index contributed by atoms with van der Waals surface area (Å²) in [4.78, 5) is 0. The Morgan fingerprint density at radius 1 is 0.722 bits per heavy atom. The van der Waals surface area contributed by atoms with Crippen LogP contribution in [0.15, 0.2) is 24.3 Å². The number of hydrogen-bond donors (Lipinski definition) is 0. The predicted molar refractivity (Wildman–Crippen MR) is 78.6 cm³/mol. The summed E-state index contributed by atoms with van der Waals surface area (Å²) in [6.45, 7) is 4.51. The maximum Gasteiger partial charge on any atom is 0.160 e. The maximum atomic E-state index is 5.01. The molecule has 0 aromatic heterocycles. The average molecular weight is 252 g/mol.